The molecule has 1 aromatic carbocycles. The number of piperidine rings is 1. The summed E-state index contributed by atoms with van der Waals surface area (Å²) in [6.07, 6.45) is 5.41. The minimum absolute atomic E-state index is 0. The topological polar surface area (TPSA) is 68.8 Å². The van der Waals surface area contributed by atoms with Crippen LogP contribution in [0.4, 0.5) is 0 Å². The first-order valence-corrected chi connectivity index (χ1v) is 10.6. The van der Waals surface area contributed by atoms with E-state index in [0.29, 0.717) is 25.5 Å². The minimum Gasteiger partial charge on any atom is -0.356 e. The van der Waals surface area contributed by atoms with Gasteiger partial charge in [0.05, 0.1) is 0 Å². The quantitative estimate of drug-likeness (QED) is 0.268. The van der Waals surface area contributed by atoms with E-state index in [1.165, 1.54) is 43.5 Å². The molecule has 0 bridgehead atoms. The van der Waals surface area contributed by atoms with Crippen molar-refractivity contribution in [1.29, 1.82) is 0 Å². The predicted octanol–water partition coefficient (Wildman–Crippen LogP) is 3.26. The van der Waals surface area contributed by atoms with Crippen LogP contribution >= 0.6 is 24.0 Å². The van der Waals surface area contributed by atoms with Crippen molar-refractivity contribution in [3.63, 3.8) is 0 Å². The molecule has 1 fully saturated rings. The largest absolute Gasteiger partial charge is 0.356 e. The van der Waals surface area contributed by atoms with E-state index in [9.17, 15) is 4.79 Å². The first kappa shape index (κ1) is 25.7. The smallest absolute Gasteiger partial charge is 0.221 e. The maximum atomic E-state index is 11.8. The molecule has 1 amide bonds. The van der Waals surface area contributed by atoms with Crippen LogP contribution < -0.4 is 16.0 Å². The summed E-state index contributed by atoms with van der Waals surface area (Å²) in [5.41, 5.74) is 2.60. The third-order valence-electron chi connectivity index (χ3n) is 5.23. The number of nitrogens with one attached hydrogen (secondary N) is 3. The Balaban J connectivity index is 0.00000420. The Bertz CT molecular complexity index is 614. The molecule has 1 saturated heterocycles. The molecule has 0 radical (unpaired) electrons. The van der Waals surface area contributed by atoms with E-state index < -0.39 is 0 Å². The molecule has 7 heteroatoms. The van der Waals surface area contributed by atoms with E-state index in [2.05, 4.69) is 57.0 Å². The molecule has 1 aromatic rings. The van der Waals surface area contributed by atoms with Crippen molar-refractivity contribution in [2.45, 2.75) is 65.1 Å². The average Bonchev–Trinajstić information content (AvgIpc) is 2.72. The van der Waals surface area contributed by atoms with Crippen LogP contribution in [0.15, 0.2) is 29.3 Å². The van der Waals surface area contributed by atoms with Gasteiger partial charge in [0.1, 0.15) is 0 Å². The summed E-state index contributed by atoms with van der Waals surface area (Å²) in [5.74, 6) is 0.787. The molecule has 1 atom stereocenters. The number of halogens is 1. The summed E-state index contributed by atoms with van der Waals surface area (Å²) >= 11 is 0. The molecule has 2 rings (SSSR count). The van der Waals surface area contributed by atoms with Crippen molar-refractivity contribution < 1.29 is 4.79 Å². The number of amides is 1. The predicted molar refractivity (Wildman–Crippen MR) is 132 cm³/mol. The lowest BCUT2D eigenvalue weighted by molar-refractivity contribution is -0.121. The molecule has 1 heterocycles. The zero-order valence-electron chi connectivity index (χ0n) is 18.2. The number of guanidine groups is 1. The second-order valence-corrected chi connectivity index (χ2v) is 7.63. The van der Waals surface area contributed by atoms with Gasteiger partial charge in [-0.25, -0.2) is 0 Å². The van der Waals surface area contributed by atoms with Gasteiger partial charge in [0.2, 0.25) is 5.91 Å². The van der Waals surface area contributed by atoms with Gasteiger partial charge >= 0.3 is 0 Å². The lowest BCUT2D eigenvalue weighted by atomic mass is 10.1. The fraction of sp³-hybridized carbons (Fsp3) is 0.636. The Kier molecular flexibility index (Phi) is 12.9. The van der Waals surface area contributed by atoms with E-state index >= 15 is 0 Å². The van der Waals surface area contributed by atoms with Crippen LogP contribution in [0.3, 0.4) is 0 Å². The number of likely N-dealkylation sites (tertiary alicyclic amines) is 1. The zero-order valence-corrected chi connectivity index (χ0v) is 20.5. The summed E-state index contributed by atoms with van der Waals surface area (Å²) in [6.45, 7) is 8.86. The first-order chi connectivity index (χ1) is 13.6. The van der Waals surface area contributed by atoms with E-state index in [1.807, 2.05) is 6.92 Å². The summed E-state index contributed by atoms with van der Waals surface area (Å²) < 4.78 is 0. The van der Waals surface area contributed by atoms with E-state index in [1.54, 1.807) is 7.05 Å². The number of hydrogen-bond acceptors (Lipinski definition) is 3. The molecule has 1 aliphatic heterocycles. The molecule has 1 aliphatic rings. The summed E-state index contributed by atoms with van der Waals surface area (Å²) in [6, 6.07) is 9.03. The summed E-state index contributed by atoms with van der Waals surface area (Å²) in [5, 5.41) is 9.48. The van der Waals surface area contributed by atoms with Crippen LogP contribution in [-0.2, 0) is 17.9 Å². The molecule has 3 N–H and O–H groups in total. The van der Waals surface area contributed by atoms with Gasteiger partial charge in [0, 0.05) is 39.1 Å². The van der Waals surface area contributed by atoms with E-state index in [-0.39, 0.29) is 35.9 Å². The normalized spacial score (nSPS) is 15.9. The van der Waals surface area contributed by atoms with E-state index in [0.717, 1.165) is 13.0 Å². The van der Waals surface area contributed by atoms with Crippen LogP contribution in [0.2, 0.25) is 0 Å². The van der Waals surface area contributed by atoms with Gasteiger partial charge in [-0.3, -0.25) is 14.7 Å². The molecule has 0 aliphatic carbocycles. The number of carbonyl (C=O) groups is 1. The van der Waals surface area contributed by atoms with Crippen LogP contribution in [-0.4, -0.2) is 49.5 Å². The average molecular weight is 515 g/mol. The molecule has 0 saturated carbocycles. The van der Waals surface area contributed by atoms with Gasteiger partial charge < -0.3 is 16.0 Å². The van der Waals surface area contributed by atoms with Crippen molar-refractivity contribution in [2.24, 2.45) is 4.99 Å². The molecule has 29 heavy (non-hydrogen) atoms. The Labute approximate surface area is 193 Å². The maximum absolute atomic E-state index is 11.8. The molecule has 164 valence electrons. The monoisotopic (exact) mass is 515 g/mol. The van der Waals surface area contributed by atoms with E-state index in [4.69, 9.17) is 0 Å². The lowest BCUT2D eigenvalue weighted by Crippen LogP contribution is -2.40. The first-order valence-electron chi connectivity index (χ1n) is 10.6. The number of benzene rings is 1. The number of nitrogens with zero attached hydrogens (tertiary/aromatic N) is 2. The highest BCUT2D eigenvalue weighted by molar-refractivity contribution is 14.0. The second kappa shape index (κ2) is 14.6. The molecular weight excluding hydrogens is 477 g/mol. The highest BCUT2D eigenvalue weighted by Gasteiger charge is 2.10. The SMILES string of the molecule is CCC(C)NC(=O)CCNC(=NC)NCc1ccc(CN2CCCCC2)cc1.I. The van der Waals surface area contributed by atoms with Gasteiger partial charge in [0.25, 0.3) is 0 Å². The number of carbonyl (C=O) groups excluding carboxylic acids is 1. The Morgan fingerprint density at radius 3 is 2.38 bits per heavy atom. The van der Waals surface area contributed by atoms with Gasteiger partial charge in [0.15, 0.2) is 5.96 Å². The van der Waals surface area contributed by atoms with Crippen molar-refractivity contribution in [2.75, 3.05) is 26.7 Å². The Morgan fingerprint density at radius 2 is 1.76 bits per heavy atom. The van der Waals surface area contributed by atoms with Gasteiger partial charge in [-0.15, -0.1) is 24.0 Å². The van der Waals surface area contributed by atoms with Crippen LogP contribution in [0.5, 0.6) is 0 Å². The van der Waals surface area contributed by atoms with Gasteiger partial charge in [-0.2, -0.15) is 0 Å². The molecule has 1 unspecified atom stereocenters. The minimum atomic E-state index is 0. The molecule has 0 spiro atoms. The Hall–Kier alpha value is -1.35. The maximum Gasteiger partial charge on any atom is 0.221 e. The van der Waals surface area contributed by atoms with Crippen molar-refractivity contribution in [3.05, 3.63) is 35.4 Å². The second-order valence-electron chi connectivity index (χ2n) is 7.63. The fourth-order valence-corrected chi connectivity index (χ4v) is 3.29. The van der Waals surface area contributed by atoms with Gasteiger partial charge in [-0.1, -0.05) is 37.6 Å². The standard InChI is InChI=1S/C22H37N5O.HI/c1-4-18(2)26-21(28)12-13-24-22(23-3)25-16-19-8-10-20(11-9-19)17-27-14-6-5-7-15-27;/h8-11,18H,4-7,12-17H2,1-3H3,(H,26,28)(H2,23,24,25);1H. The fourth-order valence-electron chi connectivity index (χ4n) is 3.29. The highest BCUT2D eigenvalue weighted by atomic mass is 127. The van der Waals surface area contributed by atoms with Gasteiger partial charge in [-0.05, 0) is 50.4 Å². The number of aliphatic imine (C=N–C) groups is 1. The van der Waals surface area contributed by atoms with Crippen LogP contribution in [0.1, 0.15) is 57.1 Å². The van der Waals surface area contributed by atoms with Crippen molar-refractivity contribution >= 4 is 35.8 Å². The summed E-state index contributed by atoms with van der Waals surface area (Å²) in [4.78, 5) is 18.6. The third kappa shape index (κ3) is 10.3. The highest BCUT2D eigenvalue weighted by Crippen LogP contribution is 2.13. The lowest BCUT2D eigenvalue weighted by Gasteiger charge is -2.26. The number of hydrogen-bond donors (Lipinski definition) is 3. The molecule has 6 nitrogen and oxygen atoms in total. The van der Waals surface area contributed by atoms with Crippen molar-refractivity contribution in [1.82, 2.24) is 20.9 Å². The van der Waals surface area contributed by atoms with Crippen LogP contribution in [0.25, 0.3) is 0 Å². The van der Waals surface area contributed by atoms with Crippen molar-refractivity contribution in [3.8, 4) is 0 Å². The number of rotatable bonds is 9. The zero-order chi connectivity index (χ0) is 20.2. The third-order valence-corrected chi connectivity index (χ3v) is 5.23. The molecular formula is C22H38IN5O. The Morgan fingerprint density at radius 1 is 1.10 bits per heavy atom. The molecule has 0 aromatic heterocycles. The summed E-state index contributed by atoms with van der Waals surface area (Å²) in [7, 11) is 1.75. The van der Waals surface area contributed by atoms with Crippen LogP contribution in [0, 0.1) is 0 Å².